The number of aryl methyl sites for hydroxylation is 1. The molecule has 0 spiro atoms. The van der Waals surface area contributed by atoms with Crippen molar-refractivity contribution in [3.8, 4) is 0 Å². The molecular weight excluding hydrogens is 306 g/mol. The predicted octanol–water partition coefficient (Wildman–Crippen LogP) is 3.33. The smallest absolute Gasteiger partial charge is 0.311 e. The fraction of sp³-hybridized carbons (Fsp3) is 0.375. The summed E-state index contributed by atoms with van der Waals surface area (Å²) in [4.78, 5) is 25.5. The van der Waals surface area contributed by atoms with Crippen LogP contribution in [0.4, 0.5) is 0 Å². The van der Waals surface area contributed by atoms with E-state index in [9.17, 15) is 14.7 Å². The van der Waals surface area contributed by atoms with Gasteiger partial charge in [-0.15, -0.1) is 0 Å². The van der Waals surface area contributed by atoms with E-state index in [1.54, 1.807) is 19.1 Å². The van der Waals surface area contributed by atoms with Gasteiger partial charge in [0.25, 0.3) is 5.91 Å². The van der Waals surface area contributed by atoms with Gasteiger partial charge in [0, 0.05) is 24.0 Å². The lowest BCUT2D eigenvalue weighted by Gasteiger charge is -2.19. The summed E-state index contributed by atoms with van der Waals surface area (Å²) in [6.45, 7) is 4.06. The van der Waals surface area contributed by atoms with Gasteiger partial charge in [0.05, 0.1) is 10.4 Å². The lowest BCUT2D eigenvalue weighted by atomic mass is 9.90. The largest absolute Gasteiger partial charge is 0.481 e. The fourth-order valence-electron chi connectivity index (χ4n) is 2.87. The van der Waals surface area contributed by atoms with Crippen LogP contribution in [0, 0.1) is 12.3 Å². The summed E-state index contributed by atoms with van der Waals surface area (Å²) in [5.41, 5.74) is 0.323. The maximum atomic E-state index is 12.7. The van der Waals surface area contributed by atoms with Gasteiger partial charge in [-0.25, -0.2) is 0 Å². The number of fused-ring (bicyclic) bond motifs is 1. The van der Waals surface area contributed by atoms with E-state index in [2.05, 4.69) is 0 Å². The summed E-state index contributed by atoms with van der Waals surface area (Å²) in [6.07, 6.45) is 0.439. The number of likely N-dealkylation sites (tertiary alicyclic amines) is 1. The van der Waals surface area contributed by atoms with Crippen molar-refractivity contribution in [3.05, 3.63) is 34.5 Å². The molecule has 0 saturated carbocycles. The Kier molecular flexibility index (Phi) is 3.40. The Balaban J connectivity index is 1.96. The standard InChI is InChI=1S/C16H16ClNO4/c1-9-10-4-3-5-11(17)13(10)22-12(9)14(19)18-7-6-16(2,8-18)15(20)21/h3-5H,6-8H2,1-2H3,(H,20,21)/t16-/m0/s1. The molecule has 116 valence electrons. The van der Waals surface area contributed by atoms with Crippen molar-refractivity contribution in [1.82, 2.24) is 4.90 Å². The molecule has 3 rings (SSSR count). The van der Waals surface area contributed by atoms with Crippen LogP contribution in [0.1, 0.15) is 29.5 Å². The van der Waals surface area contributed by atoms with Crippen LogP contribution in [-0.4, -0.2) is 35.0 Å². The number of carboxylic acids is 1. The first-order valence-electron chi connectivity index (χ1n) is 7.04. The molecule has 1 fully saturated rings. The maximum absolute atomic E-state index is 12.7. The van der Waals surface area contributed by atoms with Crippen molar-refractivity contribution in [2.75, 3.05) is 13.1 Å². The second-order valence-electron chi connectivity index (χ2n) is 6.02. The summed E-state index contributed by atoms with van der Waals surface area (Å²) in [5, 5.41) is 10.5. The van der Waals surface area contributed by atoms with E-state index < -0.39 is 11.4 Å². The number of nitrogens with zero attached hydrogens (tertiary/aromatic N) is 1. The number of furan rings is 1. The maximum Gasteiger partial charge on any atom is 0.311 e. The summed E-state index contributed by atoms with van der Waals surface area (Å²) in [5.74, 6) is -0.931. The first kappa shape index (κ1) is 14.9. The zero-order chi connectivity index (χ0) is 16.1. The highest BCUT2D eigenvalue weighted by molar-refractivity contribution is 6.35. The zero-order valence-electron chi connectivity index (χ0n) is 12.4. The molecule has 5 nitrogen and oxygen atoms in total. The van der Waals surface area contributed by atoms with E-state index in [1.807, 2.05) is 13.0 Å². The molecule has 6 heteroatoms. The number of carboxylic acid groups (broad SMARTS) is 1. The molecular formula is C16H16ClNO4. The molecule has 1 aliphatic heterocycles. The molecule has 0 bridgehead atoms. The molecule has 0 unspecified atom stereocenters. The minimum absolute atomic E-state index is 0.186. The molecule has 0 aliphatic carbocycles. The Morgan fingerprint density at radius 2 is 2.14 bits per heavy atom. The zero-order valence-corrected chi connectivity index (χ0v) is 13.1. The van der Waals surface area contributed by atoms with E-state index in [0.717, 1.165) is 10.9 Å². The highest BCUT2D eigenvalue weighted by Crippen LogP contribution is 2.34. The van der Waals surface area contributed by atoms with E-state index in [1.165, 1.54) is 4.90 Å². The highest BCUT2D eigenvalue weighted by Gasteiger charge is 2.43. The first-order valence-corrected chi connectivity index (χ1v) is 7.41. The molecule has 0 radical (unpaired) electrons. The molecule has 2 heterocycles. The molecule has 1 saturated heterocycles. The van der Waals surface area contributed by atoms with E-state index in [4.69, 9.17) is 16.0 Å². The third-order valence-corrected chi connectivity index (χ3v) is 4.68. The SMILES string of the molecule is Cc1c(C(=O)N2CC[C@](C)(C(=O)O)C2)oc2c(Cl)cccc12. The van der Waals surface area contributed by atoms with Crippen LogP contribution in [0.3, 0.4) is 0 Å². The van der Waals surface area contributed by atoms with Crippen molar-refractivity contribution in [1.29, 1.82) is 0 Å². The number of amides is 1. The van der Waals surface area contributed by atoms with Gasteiger partial charge < -0.3 is 14.4 Å². The van der Waals surface area contributed by atoms with Crippen LogP contribution in [0.15, 0.2) is 22.6 Å². The lowest BCUT2D eigenvalue weighted by Crippen LogP contribution is -2.34. The van der Waals surface area contributed by atoms with Gasteiger partial charge in [0.2, 0.25) is 0 Å². The first-order chi connectivity index (χ1) is 10.3. The minimum Gasteiger partial charge on any atom is -0.481 e. The molecule has 1 aromatic carbocycles. The summed E-state index contributed by atoms with van der Waals surface area (Å²) >= 11 is 6.10. The third kappa shape index (κ3) is 2.16. The van der Waals surface area contributed by atoms with Crippen LogP contribution in [0.5, 0.6) is 0 Å². The van der Waals surface area contributed by atoms with Gasteiger partial charge in [-0.05, 0) is 26.3 Å². The van der Waals surface area contributed by atoms with Gasteiger partial charge in [-0.2, -0.15) is 0 Å². The monoisotopic (exact) mass is 321 g/mol. The molecule has 22 heavy (non-hydrogen) atoms. The Hall–Kier alpha value is -2.01. The van der Waals surface area contributed by atoms with Crippen LogP contribution in [-0.2, 0) is 4.79 Å². The van der Waals surface area contributed by atoms with Gasteiger partial charge in [-0.1, -0.05) is 23.7 Å². The minimum atomic E-state index is -0.896. The van der Waals surface area contributed by atoms with E-state index in [0.29, 0.717) is 23.6 Å². The lowest BCUT2D eigenvalue weighted by molar-refractivity contribution is -0.147. The summed E-state index contributed by atoms with van der Waals surface area (Å²) < 4.78 is 5.66. The summed E-state index contributed by atoms with van der Waals surface area (Å²) in [6, 6.07) is 5.36. The topological polar surface area (TPSA) is 70.8 Å². The van der Waals surface area contributed by atoms with Gasteiger partial charge in [0.1, 0.15) is 0 Å². The molecule has 1 amide bonds. The van der Waals surface area contributed by atoms with Gasteiger partial charge >= 0.3 is 5.97 Å². The highest BCUT2D eigenvalue weighted by atomic mass is 35.5. The molecule has 2 aromatic rings. The molecule has 1 atom stereocenters. The Morgan fingerprint density at radius 3 is 2.73 bits per heavy atom. The molecule has 1 aliphatic rings. The second kappa shape index (κ2) is 5.02. The molecule has 1 aromatic heterocycles. The van der Waals surface area contributed by atoms with Crippen molar-refractivity contribution >= 4 is 34.4 Å². The predicted molar refractivity (Wildman–Crippen MR) is 82.2 cm³/mol. The average molecular weight is 322 g/mol. The molecule has 1 N–H and O–H groups in total. The fourth-order valence-corrected chi connectivity index (χ4v) is 3.08. The Bertz CT molecular complexity index is 782. The Labute approximate surface area is 132 Å². The third-order valence-electron chi connectivity index (χ3n) is 4.39. The van der Waals surface area contributed by atoms with E-state index in [-0.39, 0.29) is 18.2 Å². The van der Waals surface area contributed by atoms with Crippen molar-refractivity contribution in [2.24, 2.45) is 5.41 Å². The average Bonchev–Trinajstić information content (AvgIpc) is 3.02. The van der Waals surface area contributed by atoms with E-state index >= 15 is 0 Å². The number of hydrogen-bond acceptors (Lipinski definition) is 3. The van der Waals surface area contributed by atoms with Gasteiger partial charge in [-0.3, -0.25) is 9.59 Å². The van der Waals surface area contributed by atoms with Crippen LogP contribution >= 0.6 is 11.6 Å². The number of hydrogen-bond donors (Lipinski definition) is 1. The number of rotatable bonds is 2. The van der Waals surface area contributed by atoms with Crippen LogP contribution in [0.25, 0.3) is 11.0 Å². The quantitative estimate of drug-likeness (QED) is 0.921. The number of aliphatic carboxylic acids is 1. The number of benzene rings is 1. The second-order valence-corrected chi connectivity index (χ2v) is 6.42. The van der Waals surface area contributed by atoms with Crippen LogP contribution < -0.4 is 0 Å². The van der Waals surface area contributed by atoms with Crippen molar-refractivity contribution < 1.29 is 19.1 Å². The van der Waals surface area contributed by atoms with Crippen molar-refractivity contribution in [3.63, 3.8) is 0 Å². The normalized spacial score (nSPS) is 21.5. The number of para-hydroxylation sites is 1. The van der Waals surface area contributed by atoms with Crippen LogP contribution in [0.2, 0.25) is 5.02 Å². The summed E-state index contributed by atoms with van der Waals surface area (Å²) in [7, 11) is 0. The number of halogens is 1. The van der Waals surface area contributed by atoms with Gasteiger partial charge in [0.15, 0.2) is 11.3 Å². The number of carbonyl (C=O) groups excluding carboxylic acids is 1. The number of carbonyl (C=O) groups is 2. The van der Waals surface area contributed by atoms with Crippen molar-refractivity contribution in [2.45, 2.75) is 20.3 Å². The Morgan fingerprint density at radius 1 is 1.41 bits per heavy atom.